The number of Topliss-reactive ketones (excluding diaryl/α,β-unsaturated/α-hetero) is 1. The lowest BCUT2D eigenvalue weighted by Crippen LogP contribution is -2.64. The van der Waals surface area contributed by atoms with Crippen molar-refractivity contribution in [1.82, 2.24) is 0 Å². The zero-order valence-electron chi connectivity index (χ0n) is 15.1. The number of hydrogen-bond donors (Lipinski definition) is 0. The first-order valence-electron chi connectivity index (χ1n) is 8.71. The standard InChI is InChI=1S/C21H23NO4/c1-15(23)20-19(12-13-26-14-16-6-4-3-5-7-16)22(21(20)24)17-8-10-18(25-2)11-9-17/h3-11,19-20H,12-14H2,1-2H3/t19-,20-/m0/s1. The van der Waals surface area contributed by atoms with Crippen LogP contribution in [0.3, 0.4) is 0 Å². The monoisotopic (exact) mass is 353 g/mol. The number of benzene rings is 2. The smallest absolute Gasteiger partial charge is 0.239 e. The Morgan fingerprint density at radius 1 is 1.08 bits per heavy atom. The molecule has 0 bridgehead atoms. The number of amides is 1. The Bertz CT molecular complexity index is 757. The topological polar surface area (TPSA) is 55.8 Å². The quantitative estimate of drug-likeness (QED) is 0.415. The highest BCUT2D eigenvalue weighted by molar-refractivity contribution is 6.15. The van der Waals surface area contributed by atoms with Crippen molar-refractivity contribution in [1.29, 1.82) is 0 Å². The summed E-state index contributed by atoms with van der Waals surface area (Å²) in [6.45, 7) is 2.49. The fourth-order valence-electron chi connectivity index (χ4n) is 3.32. The predicted octanol–water partition coefficient (Wildman–Crippen LogP) is 3.22. The molecule has 2 atom stereocenters. The second-order valence-electron chi connectivity index (χ2n) is 6.39. The van der Waals surface area contributed by atoms with Gasteiger partial charge in [-0.25, -0.2) is 0 Å². The Morgan fingerprint density at radius 2 is 1.77 bits per heavy atom. The van der Waals surface area contributed by atoms with Crippen LogP contribution < -0.4 is 9.64 Å². The van der Waals surface area contributed by atoms with E-state index in [0.717, 1.165) is 17.0 Å². The first kappa shape index (κ1) is 18.1. The Labute approximate surface area is 153 Å². The van der Waals surface area contributed by atoms with Crippen LogP contribution in [-0.2, 0) is 20.9 Å². The van der Waals surface area contributed by atoms with Crippen molar-refractivity contribution in [3.63, 3.8) is 0 Å². The van der Waals surface area contributed by atoms with E-state index < -0.39 is 5.92 Å². The van der Waals surface area contributed by atoms with Crippen LogP contribution in [0, 0.1) is 5.92 Å². The molecule has 0 aromatic heterocycles. The van der Waals surface area contributed by atoms with Crippen molar-refractivity contribution in [3.05, 3.63) is 60.2 Å². The van der Waals surface area contributed by atoms with Crippen LogP contribution in [0.4, 0.5) is 5.69 Å². The van der Waals surface area contributed by atoms with Crippen molar-refractivity contribution in [3.8, 4) is 5.75 Å². The van der Waals surface area contributed by atoms with Gasteiger partial charge in [-0.05, 0) is 43.2 Å². The highest BCUT2D eigenvalue weighted by atomic mass is 16.5. The van der Waals surface area contributed by atoms with Gasteiger partial charge in [0.1, 0.15) is 17.5 Å². The van der Waals surface area contributed by atoms with Crippen molar-refractivity contribution in [2.45, 2.75) is 26.0 Å². The summed E-state index contributed by atoms with van der Waals surface area (Å²) in [4.78, 5) is 26.0. The van der Waals surface area contributed by atoms with Crippen LogP contribution in [0.15, 0.2) is 54.6 Å². The van der Waals surface area contributed by atoms with Crippen LogP contribution in [0.25, 0.3) is 0 Å². The van der Waals surface area contributed by atoms with Gasteiger partial charge in [0.05, 0.1) is 19.8 Å². The number of rotatable bonds is 8. The second kappa shape index (κ2) is 8.15. The SMILES string of the molecule is COc1ccc(N2C(=O)[C@@H](C(C)=O)[C@@H]2CCOCc2ccccc2)cc1. The zero-order chi connectivity index (χ0) is 18.5. The Morgan fingerprint density at radius 3 is 2.38 bits per heavy atom. The third-order valence-electron chi connectivity index (χ3n) is 4.68. The first-order valence-corrected chi connectivity index (χ1v) is 8.71. The Hall–Kier alpha value is -2.66. The lowest BCUT2D eigenvalue weighted by molar-refractivity contribution is -0.139. The molecule has 2 aromatic rings. The molecule has 1 heterocycles. The van der Waals surface area contributed by atoms with Crippen LogP contribution >= 0.6 is 0 Å². The van der Waals surface area contributed by atoms with Gasteiger partial charge in [-0.1, -0.05) is 30.3 Å². The van der Waals surface area contributed by atoms with E-state index in [1.807, 2.05) is 54.6 Å². The molecule has 0 aliphatic carbocycles. The van der Waals surface area contributed by atoms with Crippen molar-refractivity contribution >= 4 is 17.4 Å². The van der Waals surface area contributed by atoms with E-state index in [-0.39, 0.29) is 17.7 Å². The molecule has 1 amide bonds. The third-order valence-corrected chi connectivity index (χ3v) is 4.68. The minimum Gasteiger partial charge on any atom is -0.497 e. The molecule has 3 rings (SSSR count). The molecule has 1 saturated heterocycles. The predicted molar refractivity (Wildman–Crippen MR) is 99.2 cm³/mol. The van der Waals surface area contributed by atoms with Gasteiger partial charge in [0.25, 0.3) is 0 Å². The summed E-state index contributed by atoms with van der Waals surface area (Å²) in [6, 6.07) is 17.1. The van der Waals surface area contributed by atoms with Crippen LogP contribution in [-0.4, -0.2) is 31.4 Å². The van der Waals surface area contributed by atoms with Gasteiger partial charge in [0.2, 0.25) is 5.91 Å². The summed E-state index contributed by atoms with van der Waals surface area (Å²) in [6.07, 6.45) is 0.620. The molecule has 136 valence electrons. The van der Waals surface area contributed by atoms with E-state index in [9.17, 15) is 9.59 Å². The number of hydrogen-bond acceptors (Lipinski definition) is 4. The molecule has 1 fully saturated rings. The normalized spacial score (nSPS) is 19.2. The highest BCUT2D eigenvalue weighted by Gasteiger charge is 2.50. The fraction of sp³-hybridized carbons (Fsp3) is 0.333. The van der Waals surface area contributed by atoms with Crippen molar-refractivity contribution < 1.29 is 19.1 Å². The number of carbonyl (C=O) groups is 2. The summed E-state index contributed by atoms with van der Waals surface area (Å²) in [7, 11) is 1.60. The van der Waals surface area contributed by atoms with Gasteiger partial charge in [0, 0.05) is 12.3 Å². The van der Waals surface area contributed by atoms with Crippen molar-refractivity contribution in [2.24, 2.45) is 5.92 Å². The number of ketones is 1. The van der Waals surface area contributed by atoms with E-state index in [2.05, 4.69) is 0 Å². The fourth-order valence-corrected chi connectivity index (χ4v) is 3.32. The van der Waals surface area contributed by atoms with E-state index in [4.69, 9.17) is 9.47 Å². The van der Waals surface area contributed by atoms with Gasteiger partial charge < -0.3 is 14.4 Å². The Kier molecular flexibility index (Phi) is 5.68. The minimum atomic E-state index is -0.572. The van der Waals surface area contributed by atoms with E-state index in [1.165, 1.54) is 6.92 Å². The van der Waals surface area contributed by atoms with Crippen LogP contribution in [0.1, 0.15) is 18.9 Å². The summed E-state index contributed by atoms with van der Waals surface area (Å²) in [5, 5.41) is 0. The van der Waals surface area contributed by atoms with Gasteiger partial charge in [-0.15, -0.1) is 0 Å². The van der Waals surface area contributed by atoms with E-state index in [0.29, 0.717) is 19.6 Å². The zero-order valence-corrected chi connectivity index (χ0v) is 15.1. The molecular weight excluding hydrogens is 330 g/mol. The number of carbonyl (C=O) groups excluding carboxylic acids is 2. The molecular formula is C21H23NO4. The molecule has 2 aromatic carbocycles. The summed E-state index contributed by atoms with van der Waals surface area (Å²) in [5.74, 6) is -0.0754. The van der Waals surface area contributed by atoms with E-state index in [1.54, 1.807) is 12.0 Å². The maximum Gasteiger partial charge on any atom is 0.239 e. The summed E-state index contributed by atoms with van der Waals surface area (Å²) < 4.78 is 10.9. The average molecular weight is 353 g/mol. The number of anilines is 1. The minimum absolute atomic E-state index is 0.0900. The average Bonchev–Trinajstić information content (AvgIpc) is 2.65. The molecule has 0 N–H and O–H groups in total. The lowest BCUT2D eigenvalue weighted by Gasteiger charge is -2.46. The molecule has 5 nitrogen and oxygen atoms in total. The third kappa shape index (κ3) is 3.78. The molecule has 0 radical (unpaired) electrons. The highest BCUT2D eigenvalue weighted by Crippen LogP contribution is 2.36. The van der Waals surface area contributed by atoms with Gasteiger partial charge in [-0.2, -0.15) is 0 Å². The molecule has 26 heavy (non-hydrogen) atoms. The summed E-state index contributed by atoms with van der Waals surface area (Å²) in [5.41, 5.74) is 1.88. The molecule has 0 spiro atoms. The summed E-state index contributed by atoms with van der Waals surface area (Å²) >= 11 is 0. The van der Waals surface area contributed by atoms with Crippen LogP contribution in [0.2, 0.25) is 0 Å². The maximum atomic E-state index is 12.5. The Balaban J connectivity index is 1.62. The van der Waals surface area contributed by atoms with Gasteiger partial charge in [-0.3, -0.25) is 9.59 Å². The number of nitrogens with zero attached hydrogens (tertiary/aromatic N) is 1. The maximum absolute atomic E-state index is 12.5. The molecule has 1 aliphatic heterocycles. The molecule has 1 aliphatic rings. The number of ether oxygens (including phenoxy) is 2. The number of methoxy groups -OCH3 is 1. The number of β-lactam (4-membered cyclic amide) rings is 1. The van der Waals surface area contributed by atoms with Crippen LogP contribution in [0.5, 0.6) is 5.75 Å². The van der Waals surface area contributed by atoms with Gasteiger partial charge >= 0.3 is 0 Å². The molecule has 0 saturated carbocycles. The van der Waals surface area contributed by atoms with Crippen molar-refractivity contribution in [2.75, 3.05) is 18.6 Å². The lowest BCUT2D eigenvalue weighted by atomic mass is 9.82. The van der Waals surface area contributed by atoms with Gasteiger partial charge in [0.15, 0.2) is 0 Å². The molecule has 5 heteroatoms. The second-order valence-corrected chi connectivity index (χ2v) is 6.39. The molecule has 0 unspecified atom stereocenters. The first-order chi connectivity index (χ1) is 12.6. The largest absolute Gasteiger partial charge is 0.497 e. The van der Waals surface area contributed by atoms with E-state index >= 15 is 0 Å².